The van der Waals surface area contributed by atoms with Gasteiger partial charge >= 0.3 is 5.97 Å². The van der Waals surface area contributed by atoms with E-state index < -0.39 is 5.41 Å². The summed E-state index contributed by atoms with van der Waals surface area (Å²) in [6, 6.07) is 3.76. The highest BCUT2D eigenvalue weighted by atomic mass is 16.5. The van der Waals surface area contributed by atoms with Crippen molar-refractivity contribution in [1.29, 1.82) is 0 Å². The second-order valence-corrected chi connectivity index (χ2v) is 4.95. The zero-order valence-electron chi connectivity index (χ0n) is 11.9. The van der Waals surface area contributed by atoms with Crippen LogP contribution in [0, 0.1) is 6.92 Å². The molecule has 0 aromatic heterocycles. The molecule has 4 heteroatoms. The number of rotatable bonds is 4. The molecule has 0 radical (unpaired) electrons. The Balaban J connectivity index is 2.57. The Labute approximate surface area is 113 Å². The SMILES string of the molecule is COC(=O)C1(c2c(C)cc(OC)cc2OC)CCC1. The van der Waals surface area contributed by atoms with Crippen molar-refractivity contribution in [1.82, 2.24) is 0 Å². The molecule has 1 fully saturated rings. The summed E-state index contributed by atoms with van der Waals surface area (Å²) in [5, 5.41) is 0. The Kier molecular flexibility index (Phi) is 3.69. The fourth-order valence-electron chi connectivity index (χ4n) is 2.90. The maximum absolute atomic E-state index is 12.2. The van der Waals surface area contributed by atoms with Gasteiger partial charge in [0.2, 0.25) is 0 Å². The summed E-state index contributed by atoms with van der Waals surface area (Å²) in [6.45, 7) is 1.98. The molecule has 19 heavy (non-hydrogen) atoms. The number of esters is 1. The third kappa shape index (κ3) is 2.05. The highest BCUT2D eigenvalue weighted by Crippen LogP contribution is 2.50. The zero-order chi connectivity index (χ0) is 14.0. The molecule has 0 bridgehead atoms. The molecule has 0 aliphatic heterocycles. The average molecular weight is 264 g/mol. The van der Waals surface area contributed by atoms with Gasteiger partial charge in [-0.25, -0.2) is 0 Å². The maximum atomic E-state index is 12.2. The quantitative estimate of drug-likeness (QED) is 0.784. The molecule has 0 saturated heterocycles. The van der Waals surface area contributed by atoms with E-state index in [9.17, 15) is 4.79 Å². The molecule has 0 atom stereocenters. The molecule has 2 rings (SSSR count). The van der Waals surface area contributed by atoms with E-state index in [0.29, 0.717) is 5.75 Å². The molecule has 0 amide bonds. The number of carbonyl (C=O) groups excluding carboxylic acids is 1. The number of carbonyl (C=O) groups is 1. The lowest BCUT2D eigenvalue weighted by molar-refractivity contribution is -0.151. The van der Waals surface area contributed by atoms with Crippen molar-refractivity contribution in [3.8, 4) is 11.5 Å². The van der Waals surface area contributed by atoms with Gasteiger partial charge in [-0.1, -0.05) is 6.42 Å². The van der Waals surface area contributed by atoms with Gasteiger partial charge < -0.3 is 14.2 Å². The highest BCUT2D eigenvalue weighted by Gasteiger charge is 2.49. The summed E-state index contributed by atoms with van der Waals surface area (Å²) in [5.41, 5.74) is 1.39. The van der Waals surface area contributed by atoms with Crippen LogP contribution < -0.4 is 9.47 Å². The molecule has 0 N–H and O–H groups in total. The van der Waals surface area contributed by atoms with Crippen LogP contribution in [0.15, 0.2) is 12.1 Å². The normalized spacial score (nSPS) is 16.4. The maximum Gasteiger partial charge on any atom is 0.316 e. The fraction of sp³-hybridized carbons (Fsp3) is 0.533. The minimum Gasteiger partial charge on any atom is -0.497 e. The molecule has 1 aliphatic carbocycles. The van der Waals surface area contributed by atoms with Crippen molar-refractivity contribution in [3.63, 3.8) is 0 Å². The predicted molar refractivity (Wildman–Crippen MR) is 71.8 cm³/mol. The van der Waals surface area contributed by atoms with Gasteiger partial charge in [-0.05, 0) is 31.4 Å². The minimum atomic E-state index is -0.545. The Hall–Kier alpha value is -1.71. The second-order valence-electron chi connectivity index (χ2n) is 4.95. The van der Waals surface area contributed by atoms with Gasteiger partial charge in [-0.3, -0.25) is 4.79 Å². The Morgan fingerprint density at radius 2 is 1.84 bits per heavy atom. The van der Waals surface area contributed by atoms with Crippen molar-refractivity contribution in [3.05, 3.63) is 23.3 Å². The molecular formula is C15H20O4. The van der Waals surface area contributed by atoms with Gasteiger partial charge in [0.25, 0.3) is 0 Å². The first-order chi connectivity index (χ1) is 9.08. The van der Waals surface area contributed by atoms with E-state index in [1.165, 1.54) is 7.11 Å². The van der Waals surface area contributed by atoms with E-state index in [0.717, 1.165) is 36.1 Å². The molecule has 4 nitrogen and oxygen atoms in total. The summed E-state index contributed by atoms with van der Waals surface area (Å²) in [7, 11) is 4.67. The largest absolute Gasteiger partial charge is 0.497 e. The van der Waals surface area contributed by atoms with Crippen LogP contribution in [-0.4, -0.2) is 27.3 Å². The van der Waals surface area contributed by atoms with E-state index in [4.69, 9.17) is 14.2 Å². The number of hydrogen-bond acceptors (Lipinski definition) is 4. The van der Waals surface area contributed by atoms with Crippen LogP contribution in [0.25, 0.3) is 0 Å². The van der Waals surface area contributed by atoms with Gasteiger partial charge in [0.15, 0.2) is 0 Å². The highest BCUT2D eigenvalue weighted by molar-refractivity contribution is 5.86. The van der Waals surface area contributed by atoms with Crippen LogP contribution in [-0.2, 0) is 14.9 Å². The molecule has 104 valence electrons. The molecule has 0 heterocycles. The Morgan fingerprint density at radius 3 is 2.26 bits per heavy atom. The molecule has 1 aromatic carbocycles. The molecule has 1 aromatic rings. The first kappa shape index (κ1) is 13.7. The van der Waals surface area contributed by atoms with Crippen LogP contribution in [0.5, 0.6) is 11.5 Å². The third-order valence-corrected chi connectivity index (χ3v) is 3.99. The molecular weight excluding hydrogens is 244 g/mol. The Morgan fingerprint density at radius 1 is 1.16 bits per heavy atom. The van der Waals surface area contributed by atoms with E-state index in [1.807, 2.05) is 19.1 Å². The summed E-state index contributed by atoms with van der Waals surface area (Å²) in [6.07, 6.45) is 2.65. The number of aryl methyl sites for hydroxylation is 1. The second kappa shape index (κ2) is 5.11. The lowest BCUT2D eigenvalue weighted by Crippen LogP contribution is -2.44. The van der Waals surface area contributed by atoms with Crippen LogP contribution in [0.1, 0.15) is 30.4 Å². The van der Waals surface area contributed by atoms with Crippen LogP contribution in [0.2, 0.25) is 0 Å². The van der Waals surface area contributed by atoms with E-state index in [2.05, 4.69) is 0 Å². The van der Waals surface area contributed by atoms with Crippen LogP contribution >= 0.6 is 0 Å². The van der Waals surface area contributed by atoms with Crippen molar-refractivity contribution in [2.75, 3.05) is 21.3 Å². The lowest BCUT2D eigenvalue weighted by atomic mass is 9.63. The first-order valence-corrected chi connectivity index (χ1v) is 6.40. The first-order valence-electron chi connectivity index (χ1n) is 6.40. The molecule has 0 spiro atoms. The zero-order valence-corrected chi connectivity index (χ0v) is 11.9. The fourth-order valence-corrected chi connectivity index (χ4v) is 2.90. The average Bonchev–Trinajstić information content (AvgIpc) is 2.38. The van der Waals surface area contributed by atoms with Crippen molar-refractivity contribution < 1.29 is 19.0 Å². The number of hydrogen-bond donors (Lipinski definition) is 0. The minimum absolute atomic E-state index is 0.176. The third-order valence-electron chi connectivity index (χ3n) is 3.99. The van der Waals surface area contributed by atoms with Crippen LogP contribution in [0.4, 0.5) is 0 Å². The molecule has 1 saturated carbocycles. The monoisotopic (exact) mass is 264 g/mol. The van der Waals surface area contributed by atoms with Gasteiger partial charge in [-0.2, -0.15) is 0 Å². The summed E-state index contributed by atoms with van der Waals surface area (Å²) < 4.78 is 15.7. The molecule has 0 unspecified atom stereocenters. The predicted octanol–water partition coefficient (Wildman–Crippen LogP) is 2.61. The standard InChI is InChI=1S/C15H20O4/c1-10-8-11(17-2)9-12(18-3)13(10)15(6-5-7-15)14(16)19-4/h8-9H,5-7H2,1-4H3. The van der Waals surface area contributed by atoms with Crippen molar-refractivity contribution in [2.45, 2.75) is 31.6 Å². The topological polar surface area (TPSA) is 44.8 Å². The summed E-state index contributed by atoms with van der Waals surface area (Å²) in [4.78, 5) is 12.2. The van der Waals surface area contributed by atoms with Crippen molar-refractivity contribution in [2.24, 2.45) is 0 Å². The number of ether oxygens (including phenoxy) is 3. The van der Waals surface area contributed by atoms with Crippen molar-refractivity contribution >= 4 is 5.97 Å². The van der Waals surface area contributed by atoms with E-state index in [1.54, 1.807) is 14.2 Å². The lowest BCUT2D eigenvalue weighted by Gasteiger charge is -2.41. The van der Waals surface area contributed by atoms with Gasteiger partial charge in [0.05, 0.1) is 26.7 Å². The number of benzene rings is 1. The smallest absolute Gasteiger partial charge is 0.316 e. The van der Waals surface area contributed by atoms with E-state index >= 15 is 0 Å². The van der Waals surface area contributed by atoms with E-state index in [-0.39, 0.29) is 5.97 Å². The van der Waals surface area contributed by atoms with Gasteiger partial charge in [-0.15, -0.1) is 0 Å². The Bertz CT molecular complexity index is 489. The van der Waals surface area contributed by atoms with Gasteiger partial charge in [0.1, 0.15) is 11.5 Å². The summed E-state index contributed by atoms with van der Waals surface area (Å²) in [5.74, 6) is 1.25. The number of methoxy groups -OCH3 is 3. The summed E-state index contributed by atoms with van der Waals surface area (Å²) >= 11 is 0. The molecule has 1 aliphatic rings. The van der Waals surface area contributed by atoms with Crippen LogP contribution in [0.3, 0.4) is 0 Å². The van der Waals surface area contributed by atoms with Gasteiger partial charge in [0, 0.05) is 11.6 Å².